The normalized spacial score (nSPS) is 17.5. The van der Waals surface area contributed by atoms with Gasteiger partial charge in [-0.25, -0.2) is 0 Å². The molecule has 138 valence electrons. The van der Waals surface area contributed by atoms with E-state index in [2.05, 4.69) is 22.4 Å². The van der Waals surface area contributed by atoms with E-state index in [9.17, 15) is 9.90 Å². The molecule has 1 saturated heterocycles. The number of hydrogen-bond acceptors (Lipinski definition) is 4. The van der Waals surface area contributed by atoms with Gasteiger partial charge in [0.1, 0.15) is 0 Å². The van der Waals surface area contributed by atoms with Crippen LogP contribution in [0.5, 0.6) is 0 Å². The molecule has 3 rings (SSSR count). The number of amides is 1. The Hall–Kier alpha value is -2.24. The van der Waals surface area contributed by atoms with Crippen LogP contribution in [0, 0.1) is 5.41 Å². The van der Waals surface area contributed by atoms with Gasteiger partial charge in [0, 0.05) is 37.2 Å². The summed E-state index contributed by atoms with van der Waals surface area (Å²) in [6, 6.07) is 11.9. The number of benzene rings is 1. The summed E-state index contributed by atoms with van der Waals surface area (Å²) in [5.74, 6) is 0.00309. The minimum atomic E-state index is -0.514. The Kier molecular flexibility index (Phi) is 6.01. The van der Waals surface area contributed by atoms with Gasteiger partial charge >= 0.3 is 0 Å². The standard InChI is InChI=1S/C21H26N2O3/c1-16(15-24)23-20(25)21(8-11-26-12-9-21)13-17-5-2-3-7-19(17)18-6-4-10-22-14-18/h2-7,10,14,16,24H,8-9,11-13,15H2,1H3,(H,23,25). The van der Waals surface area contributed by atoms with Gasteiger partial charge in [-0.05, 0) is 43.4 Å². The van der Waals surface area contributed by atoms with Crippen molar-refractivity contribution in [1.29, 1.82) is 0 Å². The average molecular weight is 354 g/mol. The number of nitrogens with zero attached hydrogens (tertiary/aromatic N) is 1. The van der Waals surface area contributed by atoms with E-state index in [1.165, 1.54) is 0 Å². The number of hydrogen-bond donors (Lipinski definition) is 2. The van der Waals surface area contributed by atoms with Crippen molar-refractivity contribution in [3.8, 4) is 11.1 Å². The number of pyridine rings is 1. The van der Waals surface area contributed by atoms with Gasteiger partial charge < -0.3 is 15.2 Å². The minimum Gasteiger partial charge on any atom is -0.394 e. The van der Waals surface area contributed by atoms with Crippen LogP contribution in [0.3, 0.4) is 0 Å². The van der Waals surface area contributed by atoms with Gasteiger partial charge in [-0.1, -0.05) is 30.3 Å². The van der Waals surface area contributed by atoms with Gasteiger partial charge in [0.05, 0.1) is 12.0 Å². The molecule has 2 heterocycles. The van der Waals surface area contributed by atoms with Crippen molar-refractivity contribution in [3.05, 3.63) is 54.4 Å². The lowest BCUT2D eigenvalue weighted by atomic mass is 9.73. The highest BCUT2D eigenvalue weighted by molar-refractivity contribution is 5.84. The molecule has 1 amide bonds. The molecule has 26 heavy (non-hydrogen) atoms. The maximum absolute atomic E-state index is 13.1. The van der Waals surface area contributed by atoms with E-state index in [-0.39, 0.29) is 18.6 Å². The van der Waals surface area contributed by atoms with Gasteiger partial charge in [0.2, 0.25) is 5.91 Å². The van der Waals surface area contributed by atoms with E-state index in [0.717, 1.165) is 16.7 Å². The van der Waals surface area contributed by atoms with Gasteiger partial charge in [0.25, 0.3) is 0 Å². The molecule has 2 aromatic rings. The van der Waals surface area contributed by atoms with Crippen molar-refractivity contribution < 1.29 is 14.6 Å². The fourth-order valence-electron chi connectivity index (χ4n) is 3.51. The lowest BCUT2D eigenvalue weighted by Crippen LogP contribution is -2.49. The van der Waals surface area contributed by atoms with Crippen LogP contribution in [0.2, 0.25) is 0 Å². The molecule has 1 unspecified atom stereocenters. The van der Waals surface area contributed by atoms with Crippen molar-refractivity contribution in [3.63, 3.8) is 0 Å². The molecule has 2 N–H and O–H groups in total. The summed E-state index contributed by atoms with van der Waals surface area (Å²) in [7, 11) is 0. The molecule has 0 radical (unpaired) electrons. The topological polar surface area (TPSA) is 71.5 Å². The Morgan fingerprint density at radius 1 is 1.27 bits per heavy atom. The number of carbonyl (C=O) groups is 1. The molecule has 0 saturated carbocycles. The molecular formula is C21H26N2O3. The number of ether oxygens (including phenoxy) is 1. The number of aliphatic hydroxyl groups excluding tert-OH is 1. The highest BCUT2D eigenvalue weighted by atomic mass is 16.5. The number of rotatable bonds is 6. The van der Waals surface area contributed by atoms with Crippen LogP contribution in [0.25, 0.3) is 11.1 Å². The molecule has 1 aromatic carbocycles. The number of carbonyl (C=O) groups excluding carboxylic acids is 1. The Morgan fingerprint density at radius 3 is 2.73 bits per heavy atom. The van der Waals surface area contributed by atoms with Crippen LogP contribution in [-0.4, -0.2) is 41.9 Å². The van der Waals surface area contributed by atoms with Crippen LogP contribution in [-0.2, 0) is 16.0 Å². The summed E-state index contributed by atoms with van der Waals surface area (Å²) in [4.78, 5) is 17.3. The first-order valence-corrected chi connectivity index (χ1v) is 9.12. The van der Waals surface area contributed by atoms with Crippen molar-refractivity contribution in [1.82, 2.24) is 10.3 Å². The summed E-state index contributed by atoms with van der Waals surface area (Å²) >= 11 is 0. The second-order valence-corrected chi connectivity index (χ2v) is 7.03. The van der Waals surface area contributed by atoms with Crippen LogP contribution >= 0.6 is 0 Å². The molecule has 0 aliphatic carbocycles. The Bertz CT molecular complexity index is 727. The molecule has 1 aliphatic rings. The van der Waals surface area contributed by atoms with Crippen molar-refractivity contribution in [2.45, 2.75) is 32.2 Å². The summed E-state index contributed by atoms with van der Waals surface area (Å²) < 4.78 is 5.52. The lowest BCUT2D eigenvalue weighted by molar-refractivity contribution is -0.137. The van der Waals surface area contributed by atoms with Gasteiger partial charge in [-0.2, -0.15) is 0 Å². The predicted octanol–water partition coefficient (Wildman–Crippen LogP) is 2.58. The first-order chi connectivity index (χ1) is 12.6. The van der Waals surface area contributed by atoms with E-state index < -0.39 is 5.41 Å². The first-order valence-electron chi connectivity index (χ1n) is 9.12. The van der Waals surface area contributed by atoms with Crippen molar-refractivity contribution in [2.24, 2.45) is 5.41 Å². The Morgan fingerprint density at radius 2 is 2.04 bits per heavy atom. The number of aromatic nitrogens is 1. The highest BCUT2D eigenvalue weighted by Crippen LogP contribution is 2.37. The van der Waals surface area contributed by atoms with Gasteiger partial charge in [-0.3, -0.25) is 9.78 Å². The molecule has 5 nitrogen and oxygen atoms in total. The lowest BCUT2D eigenvalue weighted by Gasteiger charge is -2.37. The van der Waals surface area contributed by atoms with Crippen LogP contribution in [0.1, 0.15) is 25.3 Å². The molecule has 0 bridgehead atoms. The van der Waals surface area contributed by atoms with Crippen molar-refractivity contribution in [2.75, 3.05) is 19.8 Å². The van der Waals surface area contributed by atoms with E-state index in [0.29, 0.717) is 32.5 Å². The summed E-state index contributed by atoms with van der Waals surface area (Å²) in [6.45, 7) is 2.91. The first kappa shape index (κ1) is 18.5. The molecule has 5 heteroatoms. The third-order valence-electron chi connectivity index (χ3n) is 5.10. The van der Waals surface area contributed by atoms with E-state index in [1.54, 1.807) is 6.20 Å². The van der Waals surface area contributed by atoms with E-state index in [1.807, 2.05) is 37.4 Å². The molecule has 1 aliphatic heterocycles. The second kappa shape index (κ2) is 8.43. The smallest absolute Gasteiger partial charge is 0.227 e. The second-order valence-electron chi connectivity index (χ2n) is 7.03. The highest BCUT2D eigenvalue weighted by Gasteiger charge is 2.40. The number of nitrogens with one attached hydrogen (secondary N) is 1. The third kappa shape index (κ3) is 4.11. The van der Waals surface area contributed by atoms with Crippen LogP contribution in [0.4, 0.5) is 0 Å². The maximum Gasteiger partial charge on any atom is 0.227 e. The summed E-state index contributed by atoms with van der Waals surface area (Å²) in [5.41, 5.74) is 2.78. The van der Waals surface area contributed by atoms with E-state index in [4.69, 9.17) is 4.74 Å². The minimum absolute atomic E-state index is 0.00309. The molecule has 1 fully saturated rings. The molecule has 1 atom stereocenters. The third-order valence-corrected chi connectivity index (χ3v) is 5.10. The SMILES string of the molecule is CC(CO)NC(=O)C1(Cc2ccccc2-c2cccnc2)CCOCC1. The van der Waals surface area contributed by atoms with E-state index >= 15 is 0 Å². The molecule has 1 aromatic heterocycles. The Balaban J connectivity index is 1.92. The quantitative estimate of drug-likeness (QED) is 0.836. The fraction of sp³-hybridized carbons (Fsp3) is 0.429. The largest absolute Gasteiger partial charge is 0.394 e. The van der Waals surface area contributed by atoms with Crippen LogP contribution in [0.15, 0.2) is 48.8 Å². The monoisotopic (exact) mass is 354 g/mol. The molecular weight excluding hydrogens is 328 g/mol. The fourth-order valence-corrected chi connectivity index (χ4v) is 3.51. The molecule has 0 spiro atoms. The van der Waals surface area contributed by atoms with Gasteiger partial charge in [0.15, 0.2) is 0 Å². The maximum atomic E-state index is 13.1. The summed E-state index contributed by atoms with van der Waals surface area (Å²) in [5, 5.41) is 12.3. The zero-order chi connectivity index (χ0) is 18.4. The van der Waals surface area contributed by atoms with Gasteiger partial charge in [-0.15, -0.1) is 0 Å². The van der Waals surface area contributed by atoms with Crippen LogP contribution < -0.4 is 5.32 Å². The Labute approximate surface area is 154 Å². The predicted molar refractivity (Wildman–Crippen MR) is 101 cm³/mol. The zero-order valence-corrected chi connectivity index (χ0v) is 15.1. The number of aliphatic hydroxyl groups is 1. The zero-order valence-electron chi connectivity index (χ0n) is 15.1. The summed E-state index contributed by atoms with van der Waals surface area (Å²) in [6.07, 6.45) is 5.61. The van der Waals surface area contributed by atoms with Crippen molar-refractivity contribution >= 4 is 5.91 Å². The average Bonchev–Trinajstić information content (AvgIpc) is 2.69.